The average molecular weight is 507 g/mol. The van der Waals surface area contributed by atoms with Crippen molar-refractivity contribution in [3.8, 4) is 11.9 Å². The number of methoxy groups -OCH3 is 1. The molecular weight excluding hydrogens is 480 g/mol. The first kappa shape index (κ1) is 26.4. The number of ether oxygens (including phenoxy) is 2. The van der Waals surface area contributed by atoms with Crippen molar-refractivity contribution in [2.24, 2.45) is 0 Å². The zero-order chi connectivity index (χ0) is 25.9. The number of likely N-dealkylation sites (N-methyl/N-ethyl adjacent to an activating group) is 1. The molecule has 0 aliphatic rings. The quantitative estimate of drug-likeness (QED) is 0.246. The minimum Gasteiger partial charge on any atom is -0.495 e. The van der Waals surface area contributed by atoms with Crippen molar-refractivity contribution in [1.29, 1.82) is 5.26 Å². The van der Waals surface area contributed by atoms with E-state index in [1.807, 2.05) is 66.9 Å². The van der Waals surface area contributed by atoms with Crippen LogP contribution < -0.4 is 10.1 Å². The van der Waals surface area contributed by atoms with Crippen molar-refractivity contribution in [2.75, 3.05) is 14.2 Å². The molecule has 186 valence electrons. The summed E-state index contributed by atoms with van der Waals surface area (Å²) in [4.78, 5) is 26.1. The summed E-state index contributed by atoms with van der Waals surface area (Å²) >= 11 is 6.20. The van der Waals surface area contributed by atoms with E-state index in [1.165, 1.54) is 24.2 Å². The predicted molar refractivity (Wildman–Crippen MR) is 136 cm³/mol. The third-order valence-electron chi connectivity index (χ3n) is 5.45. The molecule has 0 saturated carbocycles. The van der Waals surface area contributed by atoms with Crippen LogP contribution in [0.3, 0.4) is 0 Å². The van der Waals surface area contributed by atoms with Crippen LogP contribution in [-0.2, 0) is 29.1 Å². The van der Waals surface area contributed by atoms with Gasteiger partial charge in [0.15, 0.2) is 6.19 Å². The number of alkyl carbamates (subject to hydrolysis) is 1. The maximum Gasteiger partial charge on any atom is 0.408 e. The largest absolute Gasteiger partial charge is 0.495 e. The lowest BCUT2D eigenvalue weighted by Crippen LogP contribution is -2.52. The van der Waals surface area contributed by atoms with Crippen LogP contribution in [0.5, 0.6) is 5.75 Å². The third-order valence-corrected chi connectivity index (χ3v) is 5.75. The SMILES string of the molecule is COc1c(Cl)cccc1CN(C#N)N(C)C(=O)[C@H](Cc1ccccc1)NC(=O)OCc1ccccc1. The van der Waals surface area contributed by atoms with Gasteiger partial charge in [-0.1, -0.05) is 84.4 Å². The molecule has 0 fully saturated rings. The molecule has 0 spiro atoms. The molecule has 0 aromatic heterocycles. The number of hydrogen-bond acceptors (Lipinski definition) is 6. The average Bonchev–Trinajstić information content (AvgIpc) is 2.90. The monoisotopic (exact) mass is 506 g/mol. The maximum atomic E-state index is 13.5. The highest BCUT2D eigenvalue weighted by atomic mass is 35.5. The number of rotatable bonds is 10. The van der Waals surface area contributed by atoms with Gasteiger partial charge < -0.3 is 14.8 Å². The van der Waals surface area contributed by atoms with Gasteiger partial charge in [0.2, 0.25) is 0 Å². The highest BCUT2D eigenvalue weighted by Crippen LogP contribution is 2.29. The number of para-hydroxylation sites is 1. The topological polar surface area (TPSA) is 94.9 Å². The van der Waals surface area contributed by atoms with Crippen molar-refractivity contribution in [3.05, 3.63) is 101 Å². The van der Waals surface area contributed by atoms with Gasteiger partial charge in [-0.3, -0.25) is 4.79 Å². The first-order valence-corrected chi connectivity index (χ1v) is 11.6. The Kier molecular flexibility index (Phi) is 9.55. The number of benzene rings is 3. The summed E-state index contributed by atoms with van der Waals surface area (Å²) in [6.07, 6.45) is 1.49. The number of nitrogens with zero attached hydrogens (tertiary/aromatic N) is 3. The van der Waals surface area contributed by atoms with Gasteiger partial charge in [-0.05, 0) is 17.2 Å². The first-order chi connectivity index (χ1) is 17.4. The Hall–Kier alpha value is -4.22. The number of amides is 2. The molecule has 3 aromatic rings. The lowest BCUT2D eigenvalue weighted by atomic mass is 10.1. The number of carbonyl (C=O) groups excluding carboxylic acids is 2. The summed E-state index contributed by atoms with van der Waals surface area (Å²) in [5.74, 6) is -0.0678. The second-order valence-corrected chi connectivity index (χ2v) is 8.31. The highest BCUT2D eigenvalue weighted by Gasteiger charge is 2.28. The maximum absolute atomic E-state index is 13.5. The van der Waals surface area contributed by atoms with Crippen molar-refractivity contribution >= 4 is 23.6 Å². The summed E-state index contributed by atoms with van der Waals surface area (Å²) < 4.78 is 10.7. The van der Waals surface area contributed by atoms with Crippen molar-refractivity contribution in [2.45, 2.75) is 25.6 Å². The van der Waals surface area contributed by atoms with Crippen LogP contribution in [0.4, 0.5) is 4.79 Å². The number of nitrogens with one attached hydrogen (secondary N) is 1. The summed E-state index contributed by atoms with van der Waals surface area (Å²) in [6, 6.07) is 22.7. The van der Waals surface area contributed by atoms with E-state index in [9.17, 15) is 14.9 Å². The van der Waals surface area contributed by atoms with Gasteiger partial charge in [-0.25, -0.2) is 14.8 Å². The molecule has 1 N–H and O–H groups in total. The summed E-state index contributed by atoms with van der Waals surface area (Å²) in [5.41, 5.74) is 2.29. The zero-order valence-corrected chi connectivity index (χ0v) is 20.8. The van der Waals surface area contributed by atoms with E-state index >= 15 is 0 Å². The Morgan fingerprint density at radius 3 is 2.25 bits per heavy atom. The van der Waals surface area contributed by atoms with E-state index in [-0.39, 0.29) is 19.6 Å². The van der Waals surface area contributed by atoms with Crippen LogP contribution in [0.1, 0.15) is 16.7 Å². The Morgan fingerprint density at radius 2 is 1.64 bits per heavy atom. The van der Waals surface area contributed by atoms with Crippen LogP contribution in [0.2, 0.25) is 5.02 Å². The van der Waals surface area contributed by atoms with Gasteiger partial charge in [0.05, 0.1) is 18.7 Å². The fourth-order valence-corrected chi connectivity index (χ4v) is 3.85. The molecule has 0 radical (unpaired) electrons. The summed E-state index contributed by atoms with van der Waals surface area (Å²) in [5, 5.41) is 15.2. The standard InChI is InChI=1S/C27H27ClN4O4/c1-31(32(19-29)17-22-14-9-15-23(28)25(22)35-2)26(33)24(16-20-10-5-3-6-11-20)30-27(34)36-18-21-12-7-4-8-13-21/h3-15,24H,16-18H2,1-2H3,(H,30,34)/t24-/m0/s1. The molecule has 0 aliphatic heterocycles. The summed E-state index contributed by atoms with van der Waals surface area (Å²) in [6.45, 7) is 0.104. The molecule has 1 atom stereocenters. The van der Waals surface area contributed by atoms with Crippen LogP contribution in [-0.4, -0.2) is 42.2 Å². The Labute approximate surface area is 215 Å². The number of hydrazine groups is 1. The molecule has 0 saturated heterocycles. The van der Waals surface area contributed by atoms with E-state index in [2.05, 4.69) is 5.32 Å². The molecule has 3 aromatic carbocycles. The van der Waals surface area contributed by atoms with Crippen molar-refractivity contribution in [1.82, 2.24) is 15.3 Å². The first-order valence-electron chi connectivity index (χ1n) is 11.2. The van der Waals surface area contributed by atoms with E-state index in [1.54, 1.807) is 18.2 Å². The minimum atomic E-state index is -0.974. The smallest absolute Gasteiger partial charge is 0.408 e. The summed E-state index contributed by atoms with van der Waals surface area (Å²) in [7, 11) is 2.95. The molecule has 2 amide bonds. The molecule has 9 heteroatoms. The van der Waals surface area contributed by atoms with E-state index in [0.717, 1.165) is 11.1 Å². The van der Waals surface area contributed by atoms with E-state index in [0.29, 0.717) is 16.3 Å². The fraction of sp³-hybridized carbons (Fsp3) is 0.222. The zero-order valence-electron chi connectivity index (χ0n) is 20.1. The van der Waals surface area contributed by atoms with Gasteiger partial charge in [-0.15, -0.1) is 0 Å². The van der Waals surface area contributed by atoms with Crippen molar-refractivity contribution in [3.63, 3.8) is 0 Å². The lowest BCUT2D eigenvalue weighted by Gasteiger charge is -2.31. The van der Waals surface area contributed by atoms with Gasteiger partial charge in [0, 0.05) is 19.0 Å². The van der Waals surface area contributed by atoms with E-state index in [4.69, 9.17) is 21.1 Å². The second kappa shape index (κ2) is 13.0. The second-order valence-electron chi connectivity index (χ2n) is 7.90. The number of nitriles is 1. The molecule has 0 aliphatic carbocycles. The fourth-order valence-electron chi connectivity index (χ4n) is 3.58. The molecule has 3 rings (SSSR count). The molecule has 8 nitrogen and oxygen atoms in total. The molecule has 0 unspecified atom stereocenters. The molecule has 0 bridgehead atoms. The molecule has 36 heavy (non-hydrogen) atoms. The van der Waals surface area contributed by atoms with Gasteiger partial charge in [0.1, 0.15) is 18.4 Å². The van der Waals surface area contributed by atoms with Crippen LogP contribution in [0.15, 0.2) is 78.9 Å². The van der Waals surface area contributed by atoms with Gasteiger partial charge in [0.25, 0.3) is 5.91 Å². The highest BCUT2D eigenvalue weighted by molar-refractivity contribution is 6.32. The third kappa shape index (κ3) is 7.14. The van der Waals surface area contributed by atoms with Crippen molar-refractivity contribution < 1.29 is 19.1 Å². The number of carbonyl (C=O) groups is 2. The van der Waals surface area contributed by atoms with Crippen LogP contribution in [0.25, 0.3) is 0 Å². The van der Waals surface area contributed by atoms with Gasteiger partial charge >= 0.3 is 6.09 Å². The van der Waals surface area contributed by atoms with Crippen LogP contribution in [0, 0.1) is 11.5 Å². The lowest BCUT2D eigenvalue weighted by molar-refractivity contribution is -0.144. The number of halogens is 1. The predicted octanol–water partition coefficient (Wildman–Crippen LogP) is 4.54. The minimum absolute atomic E-state index is 0.0407. The van der Waals surface area contributed by atoms with E-state index < -0.39 is 18.0 Å². The van der Waals surface area contributed by atoms with Crippen LogP contribution >= 0.6 is 11.6 Å². The Balaban J connectivity index is 1.75. The Morgan fingerprint density at radius 1 is 1.00 bits per heavy atom. The Bertz CT molecular complexity index is 1200. The van der Waals surface area contributed by atoms with Gasteiger partial charge in [-0.2, -0.15) is 5.26 Å². The number of hydrogen-bond donors (Lipinski definition) is 1. The normalized spacial score (nSPS) is 11.1. The molecular formula is C27H27ClN4O4. The molecule has 0 heterocycles.